The molecule has 1 atom stereocenters. The standard InChI is InChI=1S/C26H20F4N6O4/c1-12-14-7-8-18(16(14)6-5-15(12)25(39)40)35-24(38)20-9-19(34-22-17(27)11-32-36(20)22)23(37)31-10-13-3-2-4-21(33-13)26(28,29)30/h2-6,9,11,18H,7-8,10H2,1H3,(H,31,37)(H,35,38)(H,39,40)/t18-/m0/s1. The number of halogens is 4. The second kappa shape index (κ2) is 10.0. The molecule has 0 aliphatic heterocycles. The van der Waals surface area contributed by atoms with Crippen LogP contribution in [0.4, 0.5) is 17.6 Å². The van der Waals surface area contributed by atoms with Gasteiger partial charge in [0.1, 0.15) is 17.1 Å². The SMILES string of the molecule is Cc1c(C(=O)O)ccc2c1CC[C@@H]2NC(=O)c1cc(C(=O)NCc2cccc(C(F)(F)F)n2)nc2c(F)cnn12. The van der Waals surface area contributed by atoms with Crippen LogP contribution in [-0.2, 0) is 19.1 Å². The minimum atomic E-state index is -4.66. The number of fused-ring (bicyclic) bond motifs is 2. The molecule has 0 bridgehead atoms. The van der Waals surface area contributed by atoms with Gasteiger partial charge in [-0.05, 0) is 54.7 Å². The highest BCUT2D eigenvalue weighted by Gasteiger charge is 2.32. The van der Waals surface area contributed by atoms with E-state index in [1.54, 1.807) is 13.0 Å². The first kappa shape index (κ1) is 26.7. The fourth-order valence-electron chi connectivity index (χ4n) is 4.71. The van der Waals surface area contributed by atoms with Crippen molar-refractivity contribution in [2.45, 2.75) is 38.5 Å². The van der Waals surface area contributed by atoms with E-state index < -0.39 is 47.2 Å². The number of pyridine rings is 1. The Balaban J connectivity index is 1.39. The Morgan fingerprint density at radius 1 is 1.12 bits per heavy atom. The van der Waals surface area contributed by atoms with Crippen LogP contribution in [0, 0.1) is 12.7 Å². The highest BCUT2D eigenvalue weighted by molar-refractivity contribution is 5.98. The number of benzene rings is 1. The predicted molar refractivity (Wildman–Crippen MR) is 130 cm³/mol. The molecule has 0 saturated carbocycles. The Morgan fingerprint density at radius 3 is 2.62 bits per heavy atom. The molecule has 40 heavy (non-hydrogen) atoms. The third kappa shape index (κ3) is 4.95. The quantitative estimate of drug-likeness (QED) is 0.308. The van der Waals surface area contributed by atoms with E-state index >= 15 is 0 Å². The molecule has 0 unspecified atom stereocenters. The van der Waals surface area contributed by atoms with Crippen molar-refractivity contribution in [1.29, 1.82) is 0 Å². The van der Waals surface area contributed by atoms with Crippen molar-refractivity contribution in [3.05, 3.63) is 93.4 Å². The highest BCUT2D eigenvalue weighted by Crippen LogP contribution is 2.35. The number of nitrogens with zero attached hydrogens (tertiary/aromatic N) is 4. The molecule has 1 aliphatic carbocycles. The Morgan fingerprint density at radius 2 is 1.90 bits per heavy atom. The largest absolute Gasteiger partial charge is 0.478 e. The van der Waals surface area contributed by atoms with Gasteiger partial charge in [0.05, 0.1) is 30.0 Å². The average molecular weight is 556 g/mol. The van der Waals surface area contributed by atoms with Crippen LogP contribution in [0.25, 0.3) is 5.65 Å². The second-order valence-electron chi connectivity index (χ2n) is 9.12. The smallest absolute Gasteiger partial charge is 0.433 e. The van der Waals surface area contributed by atoms with Gasteiger partial charge in [-0.3, -0.25) is 9.59 Å². The lowest BCUT2D eigenvalue weighted by Crippen LogP contribution is -2.31. The van der Waals surface area contributed by atoms with Crippen molar-refractivity contribution in [2.24, 2.45) is 0 Å². The molecule has 1 aliphatic rings. The molecule has 2 amide bonds. The number of aromatic nitrogens is 4. The molecule has 0 radical (unpaired) electrons. The lowest BCUT2D eigenvalue weighted by Gasteiger charge is -2.16. The molecule has 0 saturated heterocycles. The van der Waals surface area contributed by atoms with Gasteiger partial charge in [0, 0.05) is 6.07 Å². The van der Waals surface area contributed by atoms with Gasteiger partial charge >= 0.3 is 12.1 Å². The Hall–Kier alpha value is -4.88. The van der Waals surface area contributed by atoms with Crippen molar-refractivity contribution in [3.8, 4) is 0 Å². The zero-order valence-electron chi connectivity index (χ0n) is 20.7. The van der Waals surface area contributed by atoms with Crippen LogP contribution in [0.1, 0.15) is 71.9 Å². The number of hydrogen-bond donors (Lipinski definition) is 3. The summed E-state index contributed by atoms with van der Waals surface area (Å²) in [7, 11) is 0. The summed E-state index contributed by atoms with van der Waals surface area (Å²) in [5, 5.41) is 18.4. The lowest BCUT2D eigenvalue weighted by atomic mass is 9.98. The third-order valence-electron chi connectivity index (χ3n) is 6.65. The first-order chi connectivity index (χ1) is 18.9. The maximum absolute atomic E-state index is 14.4. The van der Waals surface area contributed by atoms with E-state index in [0.29, 0.717) is 18.4 Å². The molecule has 0 fully saturated rings. The van der Waals surface area contributed by atoms with Crippen LogP contribution in [-0.4, -0.2) is 42.5 Å². The minimum Gasteiger partial charge on any atom is -0.478 e. The fraction of sp³-hybridized carbons (Fsp3) is 0.231. The van der Waals surface area contributed by atoms with Gasteiger partial charge in [0.2, 0.25) is 0 Å². The third-order valence-corrected chi connectivity index (χ3v) is 6.65. The van der Waals surface area contributed by atoms with Gasteiger partial charge in [-0.1, -0.05) is 12.1 Å². The summed E-state index contributed by atoms with van der Waals surface area (Å²) in [6, 6.07) is 6.97. The number of carbonyl (C=O) groups is 3. The lowest BCUT2D eigenvalue weighted by molar-refractivity contribution is -0.141. The molecule has 14 heteroatoms. The maximum atomic E-state index is 14.4. The van der Waals surface area contributed by atoms with Crippen LogP contribution in [0.5, 0.6) is 0 Å². The summed E-state index contributed by atoms with van der Waals surface area (Å²) in [6.07, 6.45) is -2.81. The molecule has 4 aromatic rings. The number of amides is 2. The van der Waals surface area contributed by atoms with E-state index in [-0.39, 0.29) is 29.2 Å². The molecule has 206 valence electrons. The monoisotopic (exact) mass is 556 g/mol. The number of carbonyl (C=O) groups excluding carboxylic acids is 2. The van der Waals surface area contributed by atoms with Crippen molar-refractivity contribution >= 4 is 23.4 Å². The van der Waals surface area contributed by atoms with Gasteiger partial charge in [0.25, 0.3) is 11.8 Å². The molecule has 1 aromatic carbocycles. The Kier molecular flexibility index (Phi) is 6.69. The van der Waals surface area contributed by atoms with E-state index in [4.69, 9.17) is 0 Å². The van der Waals surface area contributed by atoms with Crippen LogP contribution in [0.2, 0.25) is 0 Å². The van der Waals surface area contributed by atoms with Gasteiger partial charge in [-0.15, -0.1) is 0 Å². The van der Waals surface area contributed by atoms with Gasteiger partial charge in [-0.2, -0.15) is 18.3 Å². The molecule has 3 aromatic heterocycles. The van der Waals surface area contributed by atoms with Crippen molar-refractivity contribution in [3.63, 3.8) is 0 Å². The molecule has 5 rings (SSSR count). The zero-order valence-corrected chi connectivity index (χ0v) is 20.7. The van der Waals surface area contributed by atoms with Crippen LogP contribution in [0.3, 0.4) is 0 Å². The first-order valence-corrected chi connectivity index (χ1v) is 12.0. The van der Waals surface area contributed by atoms with Crippen LogP contribution in [0.15, 0.2) is 42.6 Å². The van der Waals surface area contributed by atoms with E-state index in [2.05, 4.69) is 25.7 Å². The summed E-state index contributed by atoms with van der Waals surface area (Å²) < 4.78 is 54.2. The summed E-state index contributed by atoms with van der Waals surface area (Å²) in [6.45, 7) is 1.32. The number of hydrogen-bond acceptors (Lipinski definition) is 6. The van der Waals surface area contributed by atoms with Crippen LogP contribution >= 0.6 is 0 Å². The van der Waals surface area contributed by atoms with Crippen molar-refractivity contribution < 1.29 is 37.1 Å². The molecule has 3 heterocycles. The molecular formula is C26H20F4N6O4. The van der Waals surface area contributed by atoms with E-state index in [1.807, 2.05) is 0 Å². The van der Waals surface area contributed by atoms with Crippen molar-refractivity contribution in [2.75, 3.05) is 0 Å². The maximum Gasteiger partial charge on any atom is 0.433 e. The number of rotatable bonds is 6. The molecule has 10 nitrogen and oxygen atoms in total. The topological polar surface area (TPSA) is 139 Å². The fourth-order valence-corrected chi connectivity index (χ4v) is 4.71. The second-order valence-corrected chi connectivity index (χ2v) is 9.12. The van der Waals surface area contributed by atoms with E-state index in [9.17, 15) is 37.1 Å². The van der Waals surface area contributed by atoms with Crippen molar-refractivity contribution in [1.82, 2.24) is 30.2 Å². The number of nitrogens with one attached hydrogen (secondary N) is 2. The Bertz CT molecular complexity index is 1680. The molecular weight excluding hydrogens is 536 g/mol. The van der Waals surface area contributed by atoms with E-state index in [1.165, 1.54) is 12.1 Å². The number of carboxylic acid groups (broad SMARTS) is 1. The van der Waals surface area contributed by atoms with Gasteiger partial charge in [-0.25, -0.2) is 23.7 Å². The summed E-state index contributed by atoms with van der Waals surface area (Å²) in [4.78, 5) is 45.0. The summed E-state index contributed by atoms with van der Waals surface area (Å²) in [5.74, 6) is -3.52. The molecule has 0 spiro atoms. The number of alkyl halides is 3. The summed E-state index contributed by atoms with van der Waals surface area (Å²) >= 11 is 0. The Labute approximate surface area is 223 Å². The highest BCUT2D eigenvalue weighted by atomic mass is 19.4. The summed E-state index contributed by atoms with van der Waals surface area (Å²) in [5.41, 5.74) is 0.185. The van der Waals surface area contributed by atoms with Crippen LogP contribution < -0.4 is 10.6 Å². The van der Waals surface area contributed by atoms with Gasteiger partial charge < -0.3 is 15.7 Å². The van der Waals surface area contributed by atoms with E-state index in [0.717, 1.165) is 40.0 Å². The normalized spacial score (nSPS) is 14.7. The minimum absolute atomic E-state index is 0.0704. The number of carboxylic acids is 1. The first-order valence-electron chi connectivity index (χ1n) is 12.0. The van der Waals surface area contributed by atoms with Gasteiger partial charge in [0.15, 0.2) is 11.5 Å². The molecule has 3 N–H and O–H groups in total. The average Bonchev–Trinajstić information content (AvgIpc) is 3.50. The zero-order chi connectivity index (χ0) is 28.8. The number of aromatic carboxylic acids is 1. The predicted octanol–water partition coefficient (Wildman–Crippen LogP) is 3.64.